The van der Waals surface area contributed by atoms with Crippen LogP contribution in [0.2, 0.25) is 0 Å². The average molecular weight is 191 g/mol. The van der Waals surface area contributed by atoms with Crippen molar-refractivity contribution in [3.05, 3.63) is 28.8 Å². The van der Waals surface area contributed by atoms with Crippen molar-refractivity contribution in [3.8, 4) is 0 Å². The molecule has 5 heteroatoms. The molecule has 13 heavy (non-hydrogen) atoms. The van der Waals surface area contributed by atoms with Gasteiger partial charge in [-0.15, -0.1) is 0 Å². The Morgan fingerprint density at radius 2 is 2.15 bits per heavy atom. The van der Waals surface area contributed by atoms with Crippen LogP contribution in [0.3, 0.4) is 0 Å². The fourth-order valence-electron chi connectivity index (χ4n) is 1.08. The van der Waals surface area contributed by atoms with Gasteiger partial charge in [-0.05, 0) is 6.92 Å². The highest BCUT2D eigenvalue weighted by atomic mass is 19.3. The molecule has 0 amide bonds. The number of rotatable bonds is 2. The van der Waals surface area contributed by atoms with Crippen LogP contribution in [0.25, 0.3) is 0 Å². The van der Waals surface area contributed by atoms with E-state index in [2.05, 4.69) is 4.98 Å². The summed E-state index contributed by atoms with van der Waals surface area (Å²) in [7, 11) is 0. The molecular weight excluding hydrogens is 183 g/mol. The molecule has 0 bridgehead atoms. The first-order valence-corrected chi connectivity index (χ1v) is 3.60. The third kappa shape index (κ3) is 1.80. The van der Waals surface area contributed by atoms with Crippen LogP contribution < -0.4 is 0 Å². The molecule has 0 saturated heterocycles. The van der Waals surface area contributed by atoms with Crippen LogP contribution in [0.15, 0.2) is 6.20 Å². The van der Waals surface area contributed by atoms with Crippen molar-refractivity contribution < 1.29 is 18.3 Å². The normalized spacial score (nSPS) is 10.9. The standard InChI is InChI=1S/C8H8F3NO/c1-4-5(3-13)7(8(10)11)6(9)2-12-4/h2,8,13H,3H2,1H3. The lowest BCUT2D eigenvalue weighted by atomic mass is 10.1. The summed E-state index contributed by atoms with van der Waals surface area (Å²) in [5.74, 6) is -1.08. The first-order valence-electron chi connectivity index (χ1n) is 3.60. The van der Waals surface area contributed by atoms with Crippen LogP contribution in [0.1, 0.15) is 23.2 Å². The molecule has 0 aromatic carbocycles. The number of hydrogen-bond acceptors (Lipinski definition) is 2. The van der Waals surface area contributed by atoms with Crippen LogP contribution in [-0.4, -0.2) is 10.1 Å². The van der Waals surface area contributed by atoms with Gasteiger partial charge in [-0.25, -0.2) is 13.2 Å². The first kappa shape index (κ1) is 9.98. The lowest BCUT2D eigenvalue weighted by Gasteiger charge is -2.09. The molecule has 0 radical (unpaired) electrons. The van der Waals surface area contributed by atoms with Crippen LogP contribution in [0, 0.1) is 12.7 Å². The van der Waals surface area contributed by atoms with Crippen molar-refractivity contribution in [2.45, 2.75) is 20.0 Å². The molecule has 2 nitrogen and oxygen atoms in total. The zero-order valence-corrected chi connectivity index (χ0v) is 6.89. The zero-order valence-electron chi connectivity index (χ0n) is 6.89. The van der Waals surface area contributed by atoms with Gasteiger partial charge in [0.2, 0.25) is 0 Å². The predicted octanol–water partition coefficient (Wildman–Crippen LogP) is 1.96. The summed E-state index contributed by atoms with van der Waals surface area (Å²) in [4.78, 5) is 3.52. The Labute approximate surface area is 73.0 Å². The van der Waals surface area contributed by atoms with Gasteiger partial charge >= 0.3 is 0 Å². The first-order chi connectivity index (χ1) is 6.07. The smallest absolute Gasteiger partial charge is 0.267 e. The second-order valence-corrected chi connectivity index (χ2v) is 2.54. The Morgan fingerprint density at radius 3 is 2.54 bits per heavy atom. The van der Waals surface area contributed by atoms with Gasteiger partial charge < -0.3 is 5.11 Å². The SMILES string of the molecule is Cc1ncc(F)c(C(F)F)c1CO. The van der Waals surface area contributed by atoms with Gasteiger partial charge in [0.1, 0.15) is 0 Å². The fraction of sp³-hybridized carbons (Fsp3) is 0.375. The molecule has 1 aromatic heterocycles. The van der Waals surface area contributed by atoms with Crippen LogP contribution in [-0.2, 0) is 6.61 Å². The third-order valence-corrected chi connectivity index (χ3v) is 1.77. The molecule has 0 atom stereocenters. The molecule has 0 spiro atoms. The lowest BCUT2D eigenvalue weighted by molar-refractivity contribution is 0.141. The highest BCUT2D eigenvalue weighted by molar-refractivity contribution is 5.30. The maximum absolute atomic E-state index is 12.8. The highest BCUT2D eigenvalue weighted by Crippen LogP contribution is 2.26. The van der Waals surface area contributed by atoms with E-state index in [1.165, 1.54) is 6.92 Å². The van der Waals surface area contributed by atoms with E-state index in [4.69, 9.17) is 5.11 Å². The van der Waals surface area contributed by atoms with E-state index in [-0.39, 0.29) is 11.3 Å². The maximum atomic E-state index is 12.8. The predicted molar refractivity (Wildman–Crippen MR) is 39.8 cm³/mol. The molecule has 0 aliphatic heterocycles. The van der Waals surface area contributed by atoms with E-state index in [9.17, 15) is 13.2 Å². The molecule has 1 N–H and O–H groups in total. The second kappa shape index (κ2) is 3.74. The van der Waals surface area contributed by atoms with Crippen molar-refractivity contribution in [1.29, 1.82) is 0 Å². The van der Waals surface area contributed by atoms with Gasteiger partial charge in [-0.1, -0.05) is 0 Å². The van der Waals surface area contributed by atoms with E-state index < -0.39 is 24.4 Å². The van der Waals surface area contributed by atoms with Gasteiger partial charge in [0, 0.05) is 11.3 Å². The van der Waals surface area contributed by atoms with Gasteiger partial charge in [-0.2, -0.15) is 0 Å². The van der Waals surface area contributed by atoms with Crippen molar-refractivity contribution in [2.24, 2.45) is 0 Å². The Bertz CT molecular complexity index is 315. The van der Waals surface area contributed by atoms with Crippen LogP contribution in [0.5, 0.6) is 0 Å². The molecule has 1 heterocycles. The number of pyridine rings is 1. The maximum Gasteiger partial charge on any atom is 0.267 e. The minimum atomic E-state index is -2.93. The van der Waals surface area contributed by atoms with E-state index in [1.807, 2.05) is 0 Å². The molecule has 0 unspecified atom stereocenters. The molecule has 1 aromatic rings. The van der Waals surface area contributed by atoms with E-state index in [0.717, 1.165) is 6.20 Å². The number of alkyl halides is 2. The number of aryl methyl sites for hydroxylation is 1. The van der Waals surface area contributed by atoms with Crippen LogP contribution in [0.4, 0.5) is 13.2 Å². The van der Waals surface area contributed by atoms with Crippen LogP contribution >= 0.6 is 0 Å². The summed E-state index contributed by atoms with van der Waals surface area (Å²) in [5.41, 5.74) is -0.663. The summed E-state index contributed by atoms with van der Waals surface area (Å²) in [6.07, 6.45) is -2.19. The lowest BCUT2D eigenvalue weighted by Crippen LogP contribution is -2.03. The number of aromatic nitrogens is 1. The summed E-state index contributed by atoms with van der Waals surface area (Å²) < 4.78 is 37.4. The monoisotopic (exact) mass is 191 g/mol. The molecule has 0 saturated carbocycles. The number of aliphatic hydroxyl groups excluding tert-OH is 1. The topological polar surface area (TPSA) is 33.1 Å². The summed E-state index contributed by atoms with van der Waals surface area (Å²) >= 11 is 0. The second-order valence-electron chi connectivity index (χ2n) is 2.54. The quantitative estimate of drug-likeness (QED) is 0.775. The molecule has 1 rings (SSSR count). The third-order valence-electron chi connectivity index (χ3n) is 1.77. The summed E-state index contributed by atoms with van der Waals surface area (Å²) in [6, 6.07) is 0. The number of aliphatic hydroxyl groups is 1. The van der Waals surface area contributed by atoms with E-state index in [1.54, 1.807) is 0 Å². The van der Waals surface area contributed by atoms with Gasteiger partial charge in [0.25, 0.3) is 6.43 Å². The van der Waals surface area contributed by atoms with Crippen molar-refractivity contribution in [1.82, 2.24) is 4.98 Å². The minimum absolute atomic E-state index is 0.130. The molecule has 0 aliphatic rings. The number of hydrogen-bond donors (Lipinski definition) is 1. The van der Waals surface area contributed by atoms with Gasteiger partial charge in [0.05, 0.1) is 18.4 Å². The Hall–Kier alpha value is -1.10. The van der Waals surface area contributed by atoms with Crippen molar-refractivity contribution in [3.63, 3.8) is 0 Å². The summed E-state index contributed by atoms with van der Waals surface area (Å²) in [5, 5.41) is 8.73. The largest absolute Gasteiger partial charge is 0.392 e. The van der Waals surface area contributed by atoms with Gasteiger partial charge in [0.15, 0.2) is 5.82 Å². The van der Waals surface area contributed by atoms with E-state index >= 15 is 0 Å². The van der Waals surface area contributed by atoms with E-state index in [0.29, 0.717) is 0 Å². The zero-order chi connectivity index (χ0) is 10.0. The number of nitrogens with zero attached hydrogens (tertiary/aromatic N) is 1. The minimum Gasteiger partial charge on any atom is -0.392 e. The van der Waals surface area contributed by atoms with Gasteiger partial charge in [-0.3, -0.25) is 4.98 Å². The Kier molecular flexibility index (Phi) is 2.87. The molecule has 72 valence electrons. The average Bonchev–Trinajstić information content (AvgIpc) is 2.07. The number of halogens is 3. The molecule has 0 aliphatic carbocycles. The van der Waals surface area contributed by atoms with Crippen molar-refractivity contribution in [2.75, 3.05) is 0 Å². The molecule has 0 fully saturated rings. The Morgan fingerprint density at radius 1 is 1.54 bits per heavy atom. The highest BCUT2D eigenvalue weighted by Gasteiger charge is 2.19. The summed E-state index contributed by atoms with van der Waals surface area (Å²) in [6.45, 7) is 0.813. The molecular formula is C8H8F3NO. The Balaban J connectivity index is 3.35. The van der Waals surface area contributed by atoms with Crippen molar-refractivity contribution >= 4 is 0 Å². The fourth-order valence-corrected chi connectivity index (χ4v) is 1.08.